The maximum Gasteiger partial charge on any atom is 0.357 e. The Labute approximate surface area is 140 Å². The number of carbonyl (C=O) groups is 1. The Morgan fingerprint density at radius 3 is 2.74 bits per heavy atom. The lowest BCUT2D eigenvalue weighted by atomic mass is 10.1. The van der Waals surface area contributed by atoms with Crippen LogP contribution in [0.1, 0.15) is 30.3 Å². The van der Waals surface area contributed by atoms with Crippen LogP contribution in [-0.4, -0.2) is 35.6 Å². The first kappa shape index (κ1) is 15.7. The van der Waals surface area contributed by atoms with Crippen molar-refractivity contribution < 1.29 is 9.53 Å². The number of esters is 1. The van der Waals surface area contributed by atoms with Gasteiger partial charge in [0.2, 0.25) is 0 Å². The Morgan fingerprint density at radius 1 is 1.26 bits per heavy atom. The van der Waals surface area contributed by atoms with Crippen molar-refractivity contribution in [2.75, 3.05) is 24.6 Å². The molecule has 0 radical (unpaired) electrons. The van der Waals surface area contributed by atoms with Crippen molar-refractivity contribution in [3.05, 3.63) is 41.3 Å². The van der Waals surface area contributed by atoms with E-state index >= 15 is 0 Å². The Kier molecular flexibility index (Phi) is 4.76. The number of hydrogen-bond acceptors (Lipinski definition) is 5. The van der Waals surface area contributed by atoms with E-state index in [1.165, 1.54) is 19.2 Å². The number of hydrogen-bond donors (Lipinski definition) is 0. The summed E-state index contributed by atoms with van der Waals surface area (Å²) in [5.74, 6) is -0.448. The molecule has 0 spiro atoms. The Bertz CT molecular complexity index is 715. The summed E-state index contributed by atoms with van der Waals surface area (Å²) in [7, 11) is 0. The molecular weight excluding hydrogens is 314 g/mol. The highest BCUT2D eigenvalue weighted by Crippen LogP contribution is 2.32. The monoisotopic (exact) mass is 331 g/mol. The molecule has 1 aromatic heterocycles. The van der Waals surface area contributed by atoms with Gasteiger partial charge in [0.05, 0.1) is 23.0 Å². The zero-order chi connectivity index (χ0) is 16.2. The van der Waals surface area contributed by atoms with E-state index in [9.17, 15) is 4.79 Å². The summed E-state index contributed by atoms with van der Waals surface area (Å²) in [4.78, 5) is 22.3. The van der Waals surface area contributed by atoms with Crippen LogP contribution >= 0.6 is 11.6 Å². The maximum absolute atomic E-state index is 11.8. The van der Waals surface area contributed by atoms with Crippen LogP contribution in [0.2, 0.25) is 5.02 Å². The number of aromatic nitrogens is 2. The summed E-state index contributed by atoms with van der Waals surface area (Å²) in [5.41, 5.74) is 2.80. The quantitative estimate of drug-likeness (QED) is 0.802. The number of benzene rings is 1. The molecule has 0 amide bonds. The molecule has 3 rings (SSSR count). The predicted molar refractivity (Wildman–Crippen MR) is 89.9 cm³/mol. The molecule has 6 heteroatoms. The minimum atomic E-state index is -0.448. The van der Waals surface area contributed by atoms with Gasteiger partial charge in [0.15, 0.2) is 5.69 Å². The summed E-state index contributed by atoms with van der Waals surface area (Å²) in [6.45, 7) is 4.16. The number of nitrogens with zero attached hydrogens (tertiary/aromatic N) is 3. The van der Waals surface area contributed by atoms with Gasteiger partial charge in [-0.2, -0.15) is 0 Å². The highest BCUT2D eigenvalue weighted by atomic mass is 35.5. The van der Waals surface area contributed by atoms with E-state index in [0.717, 1.165) is 24.3 Å². The number of ether oxygens (including phenoxy) is 1. The lowest BCUT2D eigenvalue weighted by Gasteiger charge is -2.19. The molecule has 1 saturated heterocycles. The molecule has 0 atom stereocenters. The third-order valence-electron chi connectivity index (χ3n) is 3.84. The van der Waals surface area contributed by atoms with E-state index in [4.69, 9.17) is 16.3 Å². The molecule has 2 heterocycles. The average molecular weight is 332 g/mol. The summed E-state index contributed by atoms with van der Waals surface area (Å²) in [6.07, 6.45) is 3.77. The zero-order valence-corrected chi connectivity index (χ0v) is 13.7. The molecule has 0 unspecified atom stereocenters. The minimum absolute atomic E-state index is 0.247. The average Bonchev–Trinajstić information content (AvgIpc) is 3.09. The molecule has 0 N–H and O–H groups in total. The molecule has 23 heavy (non-hydrogen) atoms. The van der Waals surface area contributed by atoms with E-state index in [0.29, 0.717) is 17.3 Å². The summed E-state index contributed by atoms with van der Waals surface area (Å²) in [5, 5.41) is 0.695. The molecule has 5 nitrogen and oxygen atoms in total. The third kappa shape index (κ3) is 3.45. The Hall–Kier alpha value is -2.14. The van der Waals surface area contributed by atoms with Crippen LogP contribution in [0.5, 0.6) is 0 Å². The van der Waals surface area contributed by atoms with Gasteiger partial charge in [-0.05, 0) is 38.0 Å². The molecule has 1 aliphatic heterocycles. The number of carbonyl (C=O) groups excluding carboxylic acids is 1. The predicted octanol–water partition coefficient (Wildman–Crippen LogP) is 3.57. The van der Waals surface area contributed by atoms with Crippen LogP contribution in [0, 0.1) is 0 Å². The minimum Gasteiger partial charge on any atom is -0.461 e. The first-order valence-corrected chi connectivity index (χ1v) is 8.11. The summed E-state index contributed by atoms with van der Waals surface area (Å²) < 4.78 is 4.97. The molecule has 0 bridgehead atoms. The topological polar surface area (TPSA) is 55.3 Å². The summed E-state index contributed by atoms with van der Waals surface area (Å²) >= 11 is 6.43. The smallest absolute Gasteiger partial charge is 0.357 e. The molecule has 1 aromatic carbocycles. The van der Waals surface area contributed by atoms with Crippen molar-refractivity contribution >= 4 is 23.3 Å². The molecule has 120 valence electrons. The molecule has 1 aliphatic rings. The molecule has 0 saturated carbocycles. The van der Waals surface area contributed by atoms with Crippen LogP contribution in [-0.2, 0) is 4.74 Å². The fourth-order valence-electron chi connectivity index (χ4n) is 2.71. The normalized spacial score (nSPS) is 14.1. The lowest BCUT2D eigenvalue weighted by Crippen LogP contribution is -2.17. The SMILES string of the molecule is CCOC(=O)c1cc(-c2ccc(N3CCCC3)c(Cl)c2)ncn1. The fraction of sp³-hybridized carbons (Fsp3) is 0.353. The van der Waals surface area contributed by atoms with E-state index < -0.39 is 5.97 Å². The maximum atomic E-state index is 11.8. The number of rotatable bonds is 4. The fourth-order valence-corrected chi connectivity index (χ4v) is 3.01. The van der Waals surface area contributed by atoms with Crippen molar-refractivity contribution in [2.45, 2.75) is 19.8 Å². The van der Waals surface area contributed by atoms with Gasteiger partial charge in [0.25, 0.3) is 0 Å². The second kappa shape index (κ2) is 6.96. The van der Waals surface area contributed by atoms with Gasteiger partial charge in [-0.15, -0.1) is 0 Å². The van der Waals surface area contributed by atoms with Crippen molar-refractivity contribution in [3.8, 4) is 11.3 Å². The van der Waals surface area contributed by atoms with Gasteiger partial charge in [-0.25, -0.2) is 14.8 Å². The van der Waals surface area contributed by atoms with Gasteiger partial charge in [-0.3, -0.25) is 0 Å². The van der Waals surface area contributed by atoms with Gasteiger partial charge in [0.1, 0.15) is 6.33 Å². The Morgan fingerprint density at radius 2 is 2.04 bits per heavy atom. The first-order chi connectivity index (χ1) is 11.2. The largest absolute Gasteiger partial charge is 0.461 e. The van der Waals surface area contributed by atoms with Crippen molar-refractivity contribution in [3.63, 3.8) is 0 Å². The van der Waals surface area contributed by atoms with Crippen molar-refractivity contribution in [1.29, 1.82) is 0 Å². The first-order valence-electron chi connectivity index (χ1n) is 7.73. The Balaban J connectivity index is 1.88. The van der Waals surface area contributed by atoms with Gasteiger partial charge < -0.3 is 9.64 Å². The van der Waals surface area contributed by atoms with E-state index in [2.05, 4.69) is 14.9 Å². The molecule has 2 aromatic rings. The van der Waals surface area contributed by atoms with Crippen LogP contribution in [0.4, 0.5) is 5.69 Å². The molecular formula is C17H18ClN3O2. The van der Waals surface area contributed by atoms with Crippen LogP contribution < -0.4 is 4.90 Å². The second-order valence-electron chi connectivity index (χ2n) is 5.37. The third-order valence-corrected chi connectivity index (χ3v) is 4.14. The van der Waals surface area contributed by atoms with E-state index in [1.807, 2.05) is 18.2 Å². The number of halogens is 1. The second-order valence-corrected chi connectivity index (χ2v) is 5.78. The van der Waals surface area contributed by atoms with Crippen LogP contribution in [0.25, 0.3) is 11.3 Å². The van der Waals surface area contributed by atoms with Crippen LogP contribution in [0.3, 0.4) is 0 Å². The van der Waals surface area contributed by atoms with Gasteiger partial charge >= 0.3 is 5.97 Å². The molecule has 1 fully saturated rings. The van der Waals surface area contributed by atoms with E-state index in [1.54, 1.807) is 13.0 Å². The van der Waals surface area contributed by atoms with Gasteiger partial charge in [0, 0.05) is 18.7 Å². The van der Waals surface area contributed by atoms with Crippen LogP contribution in [0.15, 0.2) is 30.6 Å². The summed E-state index contributed by atoms with van der Waals surface area (Å²) in [6, 6.07) is 7.48. The lowest BCUT2D eigenvalue weighted by molar-refractivity contribution is 0.0519. The van der Waals surface area contributed by atoms with Gasteiger partial charge in [-0.1, -0.05) is 17.7 Å². The zero-order valence-electron chi connectivity index (χ0n) is 13.0. The van der Waals surface area contributed by atoms with Crippen molar-refractivity contribution in [2.24, 2.45) is 0 Å². The van der Waals surface area contributed by atoms with Crippen molar-refractivity contribution in [1.82, 2.24) is 9.97 Å². The highest BCUT2D eigenvalue weighted by Gasteiger charge is 2.16. The standard InChI is InChI=1S/C17H18ClN3O2/c1-2-23-17(22)15-10-14(19-11-20-15)12-5-6-16(13(18)9-12)21-7-3-4-8-21/h5-6,9-11H,2-4,7-8H2,1H3. The van der Waals surface area contributed by atoms with E-state index in [-0.39, 0.29) is 5.69 Å². The number of anilines is 1. The highest BCUT2D eigenvalue weighted by molar-refractivity contribution is 6.33. The molecule has 0 aliphatic carbocycles.